The average Bonchev–Trinajstić information content (AvgIpc) is 3.38. The Morgan fingerprint density at radius 1 is 0.342 bits per heavy atom. The van der Waals surface area contributed by atoms with E-state index in [-0.39, 0.29) is 0 Å². The number of hydrogen-bond donors (Lipinski definition) is 20. The van der Waals surface area contributed by atoms with E-state index in [1.54, 1.807) is 0 Å². The first-order valence-corrected chi connectivity index (χ1v) is 24.1. The number of amides is 3. The van der Waals surface area contributed by atoms with Crippen LogP contribution >= 0.6 is 0 Å². The minimum absolute atomic E-state index is 0.719. The second kappa shape index (κ2) is 27.2. The van der Waals surface area contributed by atoms with Gasteiger partial charge in [-0.25, -0.2) is 0 Å². The van der Waals surface area contributed by atoms with Crippen molar-refractivity contribution in [3.63, 3.8) is 0 Å². The van der Waals surface area contributed by atoms with Crippen molar-refractivity contribution < 1.29 is 153 Å². The highest BCUT2D eigenvalue weighted by molar-refractivity contribution is 5.74. The summed E-state index contributed by atoms with van der Waals surface area (Å²) >= 11 is 0. The molecule has 76 heavy (non-hydrogen) atoms. The molecule has 6 fully saturated rings. The fourth-order valence-electron chi connectivity index (χ4n) is 9.62. The third kappa shape index (κ3) is 13.7. The molecule has 0 bridgehead atoms. The molecule has 0 aromatic heterocycles. The molecule has 34 heteroatoms. The van der Waals surface area contributed by atoms with Gasteiger partial charge in [0.1, 0.15) is 146 Å². The summed E-state index contributed by atoms with van der Waals surface area (Å²) in [6.07, 6.45) is -51.7. The van der Waals surface area contributed by atoms with Crippen LogP contribution in [0, 0.1) is 0 Å². The van der Waals surface area contributed by atoms with Gasteiger partial charge in [0.05, 0.1) is 39.6 Å². The van der Waals surface area contributed by atoms with E-state index >= 15 is 0 Å². The molecule has 0 radical (unpaired) electrons. The minimum Gasteiger partial charge on any atom is -0.394 e. The molecule has 30 atom stereocenters. The molecule has 6 rings (SSSR count). The van der Waals surface area contributed by atoms with Gasteiger partial charge in [-0.1, -0.05) is 0 Å². The molecular weight excluding hydrogens is 1040 g/mol. The normalized spacial score (nSPS) is 48.2. The molecule has 3 amide bonds. The second-order valence-electron chi connectivity index (χ2n) is 19.0. The first-order chi connectivity index (χ1) is 35.9. The summed E-state index contributed by atoms with van der Waals surface area (Å²) in [5.41, 5.74) is 0. The fraction of sp³-hybridized carbons (Fsp3) is 0.929. The maximum Gasteiger partial charge on any atom is 0.217 e. The molecule has 34 nitrogen and oxygen atoms in total. The van der Waals surface area contributed by atoms with Crippen LogP contribution in [0.4, 0.5) is 0 Å². The van der Waals surface area contributed by atoms with E-state index in [0.29, 0.717) is 0 Å². The Bertz CT molecular complexity index is 1870. The first-order valence-electron chi connectivity index (χ1n) is 24.1. The number of aliphatic hydroxyl groups excluding tert-OH is 17. The van der Waals surface area contributed by atoms with Crippen LogP contribution in [0.5, 0.6) is 0 Å². The predicted molar refractivity (Wildman–Crippen MR) is 234 cm³/mol. The van der Waals surface area contributed by atoms with Gasteiger partial charge in [-0.2, -0.15) is 0 Å². The van der Waals surface area contributed by atoms with Crippen molar-refractivity contribution in [3.05, 3.63) is 0 Å². The third-order valence-corrected chi connectivity index (χ3v) is 13.6. The van der Waals surface area contributed by atoms with E-state index in [2.05, 4.69) is 16.0 Å². The summed E-state index contributed by atoms with van der Waals surface area (Å²) in [6, 6.07) is -4.99. The summed E-state index contributed by atoms with van der Waals surface area (Å²) in [7, 11) is 0. The van der Waals surface area contributed by atoms with E-state index in [1.807, 2.05) is 0 Å². The Labute approximate surface area is 431 Å². The van der Waals surface area contributed by atoms with Crippen molar-refractivity contribution in [2.45, 2.75) is 205 Å². The van der Waals surface area contributed by atoms with Gasteiger partial charge in [0.2, 0.25) is 17.7 Å². The van der Waals surface area contributed by atoms with Crippen LogP contribution in [-0.4, -0.2) is 328 Å². The van der Waals surface area contributed by atoms with Crippen LogP contribution in [0.1, 0.15) is 20.8 Å². The van der Waals surface area contributed by atoms with Gasteiger partial charge in [-0.05, 0) is 0 Å². The Balaban J connectivity index is 1.31. The summed E-state index contributed by atoms with van der Waals surface area (Å²) in [5.74, 6) is -2.36. The van der Waals surface area contributed by atoms with Gasteiger partial charge < -0.3 is 155 Å². The van der Waals surface area contributed by atoms with Gasteiger partial charge in [-0.15, -0.1) is 0 Å². The lowest BCUT2D eigenvalue weighted by Crippen LogP contribution is -2.71. The largest absolute Gasteiger partial charge is 0.394 e. The van der Waals surface area contributed by atoms with Crippen molar-refractivity contribution in [1.82, 2.24) is 16.0 Å². The highest BCUT2D eigenvalue weighted by atomic mass is 16.8. The molecular formula is C42H71N3O31. The Morgan fingerprint density at radius 3 is 1.21 bits per heavy atom. The number of hydrogen-bond acceptors (Lipinski definition) is 31. The molecule has 6 heterocycles. The number of carbonyl (C=O) groups excluding carboxylic acids is 3. The van der Waals surface area contributed by atoms with Gasteiger partial charge in [-0.3, -0.25) is 14.4 Å². The second-order valence-corrected chi connectivity index (χ2v) is 19.0. The third-order valence-electron chi connectivity index (χ3n) is 13.6. The molecule has 440 valence electrons. The Hall–Kier alpha value is -2.71. The van der Waals surface area contributed by atoms with Crippen LogP contribution in [0.2, 0.25) is 0 Å². The van der Waals surface area contributed by atoms with Gasteiger partial charge in [0.15, 0.2) is 37.7 Å². The number of rotatable bonds is 19. The van der Waals surface area contributed by atoms with Crippen LogP contribution < -0.4 is 16.0 Å². The van der Waals surface area contributed by atoms with Crippen molar-refractivity contribution in [2.24, 2.45) is 0 Å². The number of ether oxygens (including phenoxy) is 11. The van der Waals surface area contributed by atoms with Crippen molar-refractivity contribution in [1.29, 1.82) is 0 Å². The fourth-order valence-corrected chi connectivity index (χ4v) is 9.62. The van der Waals surface area contributed by atoms with Crippen molar-refractivity contribution >= 4 is 17.7 Å². The van der Waals surface area contributed by atoms with Gasteiger partial charge >= 0.3 is 0 Å². The molecule has 0 saturated carbocycles. The minimum atomic E-state index is -2.35. The standard InChI is InChI=1S/C42H71N3O31/c1-10(51)43-19-26(58)33(15(6-48)67-37(19)65)73-39-21(45-12(3)53)27(59)34(16(7-49)70-39)74-42-32(64)36(35(17(8-50)71-42)75-38-20(44-11(2)52)25(57)22(54)13(4-46)68-38)76-41-31(63)29(61)24(56)18(72-41)9-66-40-30(62)28(60)23(55)14(5-47)69-40/h13-42,46-50,54-65H,4-9H2,1-3H3,(H,43,51)(H,44,52)(H,45,53)/t13-,14-,15-,16-,17-,18-,19-,20-,21-,22-,23-,24-,25-,26-,27-,28+,29+,30+,31+,32+,33-,34-,35-,36-,37-,38+,39+,40+,41-,42+/m1/s1. The maximum absolute atomic E-state index is 12.6. The maximum atomic E-state index is 12.6. The summed E-state index contributed by atoms with van der Waals surface area (Å²) < 4.78 is 63.7. The van der Waals surface area contributed by atoms with E-state index in [1.165, 1.54) is 0 Å². The molecule has 0 spiro atoms. The molecule has 0 aliphatic carbocycles. The molecule has 0 unspecified atom stereocenters. The number of nitrogens with one attached hydrogen (secondary N) is 3. The highest BCUT2D eigenvalue weighted by Crippen LogP contribution is 2.37. The van der Waals surface area contributed by atoms with Crippen LogP contribution in [0.25, 0.3) is 0 Å². The van der Waals surface area contributed by atoms with Crippen LogP contribution in [0.3, 0.4) is 0 Å². The lowest BCUT2D eigenvalue weighted by atomic mass is 9.93. The molecule has 6 aliphatic rings. The summed E-state index contributed by atoms with van der Waals surface area (Å²) in [4.78, 5) is 36.8. The van der Waals surface area contributed by atoms with E-state index in [4.69, 9.17) is 52.1 Å². The molecule has 0 aromatic rings. The molecule has 6 saturated heterocycles. The zero-order valence-corrected chi connectivity index (χ0v) is 40.9. The smallest absolute Gasteiger partial charge is 0.217 e. The lowest BCUT2D eigenvalue weighted by Gasteiger charge is -2.51. The lowest BCUT2D eigenvalue weighted by molar-refractivity contribution is -0.396. The zero-order chi connectivity index (χ0) is 56.2. The van der Waals surface area contributed by atoms with E-state index in [0.717, 1.165) is 20.8 Å². The molecule has 6 aliphatic heterocycles. The predicted octanol–water partition coefficient (Wildman–Crippen LogP) is -13.7. The SMILES string of the molecule is CC(=O)N[C@@H]1[C@@H](O)[C@H](O[C@@H]2O[C@H](CO)[C@@H](O[C@@H]3O[C@H](CO)[C@@H](O[C@@H]4O[C@H](CO)[C@@H](O)[C@H](O)[C@H]4NC(C)=O)[C@H](O[C@H]4O[C@H](CO[C@H]5O[C@H](CO)[C@@H](O)[C@H](O)[C@@H]5O)[C@@H](O)[C@H](O)[C@@H]4O)[C@@H]3O)[C@H](O)[C@H]2NC(C)=O)[C@@H](CO)O[C@H]1O. The van der Waals surface area contributed by atoms with Crippen molar-refractivity contribution in [2.75, 3.05) is 39.6 Å². The molecule has 0 aromatic carbocycles. The highest BCUT2D eigenvalue weighted by Gasteiger charge is 2.58. The Morgan fingerprint density at radius 2 is 0.684 bits per heavy atom. The zero-order valence-electron chi connectivity index (χ0n) is 40.9. The van der Waals surface area contributed by atoms with Gasteiger partial charge in [0.25, 0.3) is 0 Å². The summed E-state index contributed by atoms with van der Waals surface area (Å²) in [5, 5.41) is 190. The quantitative estimate of drug-likeness (QED) is 0.0571. The first kappa shape index (κ1) is 62.5. The number of carbonyl (C=O) groups is 3. The Kier molecular flexibility index (Phi) is 22.3. The van der Waals surface area contributed by atoms with Crippen molar-refractivity contribution in [3.8, 4) is 0 Å². The van der Waals surface area contributed by atoms with Gasteiger partial charge in [0, 0.05) is 20.8 Å². The van der Waals surface area contributed by atoms with Crippen LogP contribution in [0.15, 0.2) is 0 Å². The molecule has 20 N–H and O–H groups in total. The average molecular weight is 1110 g/mol. The van der Waals surface area contributed by atoms with E-state index < -0.39 is 241 Å². The van der Waals surface area contributed by atoms with E-state index in [9.17, 15) is 101 Å². The van der Waals surface area contributed by atoms with Crippen LogP contribution in [-0.2, 0) is 66.5 Å². The number of aliphatic hydroxyl groups is 17. The summed E-state index contributed by atoms with van der Waals surface area (Å²) in [6.45, 7) is -2.64. The monoisotopic (exact) mass is 1110 g/mol. The topological polar surface area (TPSA) is 533 Å².